The first-order valence-corrected chi connectivity index (χ1v) is 5.99. The number of hydrogen-bond acceptors (Lipinski definition) is 3. The fourth-order valence-electron chi connectivity index (χ4n) is 2.15. The minimum atomic E-state index is -4.57. The van der Waals surface area contributed by atoms with Gasteiger partial charge in [-0.15, -0.1) is 4.91 Å². The number of halogens is 3. The summed E-state index contributed by atoms with van der Waals surface area (Å²) in [5.74, 6) is 0. The van der Waals surface area contributed by atoms with E-state index in [0.29, 0.717) is 5.56 Å². The van der Waals surface area contributed by atoms with E-state index in [2.05, 4.69) is 10.2 Å². The van der Waals surface area contributed by atoms with E-state index in [1.54, 1.807) is 12.1 Å². The minimum Gasteiger partial charge on any atom is -0.299 e. The molecule has 0 saturated carbocycles. The number of rotatable bonds is 2. The van der Waals surface area contributed by atoms with E-state index in [4.69, 9.17) is 0 Å². The van der Waals surface area contributed by atoms with Gasteiger partial charge in [-0.3, -0.25) is 4.40 Å². The fraction of sp³-hybridized carbons (Fsp3) is 0.0714. The highest BCUT2D eigenvalue weighted by atomic mass is 19.4. The number of benzene rings is 1. The molecule has 0 N–H and O–H groups in total. The number of imidazole rings is 1. The van der Waals surface area contributed by atoms with Gasteiger partial charge in [0.25, 0.3) is 0 Å². The Bertz CT molecular complexity index is 806. The lowest BCUT2D eigenvalue weighted by Gasteiger charge is -2.08. The summed E-state index contributed by atoms with van der Waals surface area (Å²) in [6.07, 6.45) is -3.05. The monoisotopic (exact) mass is 291 g/mol. The Hall–Kier alpha value is -2.70. The molecule has 0 aliphatic heterocycles. The summed E-state index contributed by atoms with van der Waals surface area (Å²) in [5, 5.41) is 2.73. The second-order valence-corrected chi connectivity index (χ2v) is 4.37. The van der Waals surface area contributed by atoms with Crippen LogP contribution < -0.4 is 0 Å². The molecular weight excluding hydrogens is 283 g/mol. The maximum absolute atomic E-state index is 13.2. The smallest absolute Gasteiger partial charge is 0.299 e. The maximum Gasteiger partial charge on any atom is 0.435 e. The van der Waals surface area contributed by atoms with E-state index in [1.165, 1.54) is 40.9 Å². The van der Waals surface area contributed by atoms with E-state index >= 15 is 0 Å². The van der Waals surface area contributed by atoms with E-state index < -0.39 is 11.9 Å². The molecule has 3 rings (SSSR count). The molecule has 2 heterocycles. The first kappa shape index (κ1) is 13.3. The summed E-state index contributed by atoms with van der Waals surface area (Å²) in [5.41, 5.74) is -0.344. The minimum absolute atomic E-state index is 0.0597. The van der Waals surface area contributed by atoms with E-state index in [0.717, 1.165) is 0 Å². The molecule has 0 spiro atoms. The molecule has 3 aromatic rings. The van der Waals surface area contributed by atoms with Crippen LogP contribution in [0.1, 0.15) is 5.69 Å². The Morgan fingerprint density at radius 1 is 1.05 bits per heavy atom. The van der Waals surface area contributed by atoms with Gasteiger partial charge >= 0.3 is 6.18 Å². The molecule has 106 valence electrons. The Morgan fingerprint density at radius 3 is 2.38 bits per heavy atom. The Labute approximate surface area is 116 Å². The van der Waals surface area contributed by atoms with Crippen molar-refractivity contribution in [1.82, 2.24) is 9.38 Å². The van der Waals surface area contributed by atoms with Gasteiger partial charge in [0, 0.05) is 11.8 Å². The summed E-state index contributed by atoms with van der Waals surface area (Å²) in [7, 11) is 0. The van der Waals surface area contributed by atoms with Gasteiger partial charge in [0.1, 0.15) is 11.3 Å². The van der Waals surface area contributed by atoms with Crippen molar-refractivity contribution in [1.29, 1.82) is 0 Å². The lowest BCUT2D eigenvalue weighted by Crippen LogP contribution is -2.07. The topological polar surface area (TPSA) is 46.7 Å². The highest BCUT2D eigenvalue weighted by molar-refractivity contribution is 5.69. The van der Waals surface area contributed by atoms with Gasteiger partial charge in [0.05, 0.1) is 5.69 Å². The molecule has 0 fully saturated rings. The molecule has 2 aromatic heterocycles. The van der Waals surface area contributed by atoms with Crippen LogP contribution in [0.3, 0.4) is 0 Å². The van der Waals surface area contributed by atoms with Crippen molar-refractivity contribution in [2.45, 2.75) is 6.18 Å². The zero-order valence-corrected chi connectivity index (χ0v) is 10.5. The summed E-state index contributed by atoms with van der Waals surface area (Å²) >= 11 is 0. The molecule has 0 radical (unpaired) electrons. The number of nitrogens with zero attached hydrogens (tertiary/aromatic N) is 3. The van der Waals surface area contributed by atoms with Crippen LogP contribution in [0.2, 0.25) is 0 Å². The molecule has 0 aliphatic rings. The molecule has 21 heavy (non-hydrogen) atoms. The normalized spacial score (nSPS) is 11.8. The third-order valence-corrected chi connectivity index (χ3v) is 3.04. The quantitative estimate of drug-likeness (QED) is 0.656. The molecule has 0 saturated heterocycles. The van der Waals surface area contributed by atoms with Crippen LogP contribution in [0.15, 0.2) is 53.8 Å². The second-order valence-electron chi connectivity index (χ2n) is 4.37. The lowest BCUT2D eigenvalue weighted by molar-refractivity contribution is -0.140. The van der Waals surface area contributed by atoms with Crippen molar-refractivity contribution in [3.63, 3.8) is 0 Å². The van der Waals surface area contributed by atoms with Gasteiger partial charge < -0.3 is 0 Å². The summed E-state index contributed by atoms with van der Waals surface area (Å²) in [6, 6.07) is 10.3. The van der Waals surface area contributed by atoms with Crippen LogP contribution in [0.4, 0.5) is 18.9 Å². The van der Waals surface area contributed by atoms with E-state index in [1.807, 2.05) is 0 Å². The Kier molecular flexibility index (Phi) is 2.97. The molecule has 4 nitrogen and oxygen atoms in total. The SMILES string of the molecule is O=Nc1ccc(-c2c(C(F)(F)F)nc3ccccn23)cc1. The Morgan fingerprint density at radius 2 is 1.76 bits per heavy atom. The highest BCUT2D eigenvalue weighted by Crippen LogP contribution is 2.37. The van der Waals surface area contributed by atoms with Gasteiger partial charge in [-0.1, -0.05) is 18.2 Å². The summed E-state index contributed by atoms with van der Waals surface area (Å²) < 4.78 is 40.9. The van der Waals surface area contributed by atoms with Gasteiger partial charge in [0.2, 0.25) is 0 Å². The van der Waals surface area contributed by atoms with Gasteiger partial charge in [0.15, 0.2) is 5.69 Å². The number of alkyl halides is 3. The van der Waals surface area contributed by atoms with Crippen molar-refractivity contribution in [2.75, 3.05) is 0 Å². The van der Waals surface area contributed by atoms with Crippen LogP contribution in [0.5, 0.6) is 0 Å². The zero-order chi connectivity index (χ0) is 15.0. The summed E-state index contributed by atoms with van der Waals surface area (Å²) in [6.45, 7) is 0. The average molecular weight is 291 g/mol. The number of hydrogen-bond donors (Lipinski definition) is 0. The van der Waals surface area contributed by atoms with Gasteiger partial charge in [-0.25, -0.2) is 4.98 Å². The number of pyridine rings is 1. The third-order valence-electron chi connectivity index (χ3n) is 3.04. The predicted molar refractivity (Wildman–Crippen MR) is 71.1 cm³/mol. The van der Waals surface area contributed by atoms with Gasteiger partial charge in [-0.2, -0.15) is 13.2 Å². The number of aromatic nitrogens is 2. The standard InChI is InChI=1S/C14H8F3N3O/c15-14(16,17)13-12(9-4-6-10(19-21)7-5-9)20-8-2-1-3-11(20)18-13/h1-8H. The Balaban J connectivity index is 2.30. The fourth-order valence-corrected chi connectivity index (χ4v) is 2.15. The van der Waals surface area contributed by atoms with Crippen LogP contribution in [0.25, 0.3) is 16.9 Å². The summed E-state index contributed by atoms with van der Waals surface area (Å²) in [4.78, 5) is 14.1. The average Bonchev–Trinajstić information content (AvgIpc) is 2.87. The molecular formula is C14H8F3N3O. The first-order chi connectivity index (χ1) is 10.0. The molecule has 7 heteroatoms. The molecule has 0 bridgehead atoms. The van der Waals surface area contributed by atoms with Crippen molar-refractivity contribution < 1.29 is 13.2 Å². The highest BCUT2D eigenvalue weighted by Gasteiger charge is 2.38. The predicted octanol–water partition coefficient (Wildman–Crippen LogP) is 4.42. The van der Waals surface area contributed by atoms with Crippen LogP contribution in [0, 0.1) is 4.91 Å². The van der Waals surface area contributed by atoms with Crippen molar-refractivity contribution >= 4 is 11.3 Å². The van der Waals surface area contributed by atoms with Crippen molar-refractivity contribution in [3.8, 4) is 11.3 Å². The lowest BCUT2D eigenvalue weighted by atomic mass is 10.1. The molecule has 1 aromatic carbocycles. The molecule has 0 atom stereocenters. The molecule has 0 amide bonds. The maximum atomic E-state index is 13.2. The number of fused-ring (bicyclic) bond motifs is 1. The number of nitroso groups, excluding NO2 is 1. The molecule has 0 aliphatic carbocycles. The van der Waals surface area contributed by atoms with Crippen LogP contribution in [-0.2, 0) is 6.18 Å². The zero-order valence-electron chi connectivity index (χ0n) is 10.5. The first-order valence-electron chi connectivity index (χ1n) is 5.99. The molecule has 0 unspecified atom stereocenters. The van der Waals surface area contributed by atoms with Gasteiger partial charge in [-0.05, 0) is 29.4 Å². The third kappa shape index (κ3) is 2.26. The van der Waals surface area contributed by atoms with Crippen molar-refractivity contribution in [3.05, 3.63) is 59.3 Å². The van der Waals surface area contributed by atoms with Crippen LogP contribution >= 0.6 is 0 Å². The second kappa shape index (κ2) is 4.69. The van der Waals surface area contributed by atoms with Crippen LogP contribution in [-0.4, -0.2) is 9.38 Å². The largest absolute Gasteiger partial charge is 0.435 e. The van der Waals surface area contributed by atoms with E-state index in [-0.39, 0.29) is 17.0 Å². The van der Waals surface area contributed by atoms with Crippen molar-refractivity contribution in [2.24, 2.45) is 5.18 Å². The van der Waals surface area contributed by atoms with E-state index in [9.17, 15) is 18.1 Å².